The summed E-state index contributed by atoms with van der Waals surface area (Å²) < 4.78 is 0. The van der Waals surface area contributed by atoms with Crippen molar-refractivity contribution in [2.24, 2.45) is 0 Å². The molecule has 2 aromatic heterocycles. The molecule has 20 heavy (non-hydrogen) atoms. The van der Waals surface area contributed by atoms with Gasteiger partial charge in [-0.05, 0) is 18.2 Å². The van der Waals surface area contributed by atoms with Crippen molar-refractivity contribution in [2.45, 2.75) is 0 Å². The lowest BCUT2D eigenvalue weighted by atomic mass is 10.1. The number of carboxylic acid groups (broad SMARTS) is 2. The van der Waals surface area contributed by atoms with Gasteiger partial charge in [-0.15, -0.1) is 0 Å². The van der Waals surface area contributed by atoms with E-state index in [2.05, 4.69) is 9.97 Å². The maximum Gasteiger partial charge on any atom is 0.354 e. The molecule has 0 bridgehead atoms. The predicted molar refractivity (Wildman–Crippen MR) is 71.0 cm³/mol. The third-order valence-corrected chi connectivity index (χ3v) is 2.99. The van der Waals surface area contributed by atoms with E-state index in [1.54, 1.807) is 18.2 Å². The average Bonchev–Trinajstić information content (AvgIpc) is 2.45. The third kappa shape index (κ3) is 1.83. The fourth-order valence-corrected chi connectivity index (χ4v) is 2.02. The van der Waals surface area contributed by atoms with Gasteiger partial charge in [0, 0.05) is 17.0 Å². The van der Waals surface area contributed by atoms with Crippen molar-refractivity contribution >= 4 is 33.7 Å². The summed E-state index contributed by atoms with van der Waals surface area (Å²) in [4.78, 5) is 30.1. The highest BCUT2D eigenvalue weighted by Crippen LogP contribution is 2.23. The van der Waals surface area contributed by atoms with E-state index in [0.717, 1.165) is 5.39 Å². The Bertz CT molecular complexity index is 801. The highest BCUT2D eigenvalue weighted by Gasteiger charge is 2.11. The van der Waals surface area contributed by atoms with Crippen molar-refractivity contribution in [3.63, 3.8) is 0 Å². The minimum Gasteiger partial charge on any atom is -0.478 e. The molecule has 3 aromatic rings. The first-order valence-electron chi connectivity index (χ1n) is 5.72. The van der Waals surface area contributed by atoms with Crippen molar-refractivity contribution in [1.82, 2.24) is 9.97 Å². The van der Waals surface area contributed by atoms with Crippen LogP contribution in [0, 0.1) is 0 Å². The standard InChI is InChI=1S/C14H8N2O4/c17-13(18)8-5-9-10(15-6-8)3-1-7-2-4-11(14(19)20)16-12(7)9/h1-6H,(H,17,18)(H,19,20). The normalized spacial score (nSPS) is 10.8. The SMILES string of the molecule is O=C(O)c1cnc2ccc3ccc(C(=O)O)nc3c2c1. The number of carbonyl (C=O) groups is 2. The summed E-state index contributed by atoms with van der Waals surface area (Å²) >= 11 is 0. The van der Waals surface area contributed by atoms with E-state index >= 15 is 0 Å². The molecule has 0 saturated heterocycles. The van der Waals surface area contributed by atoms with Crippen molar-refractivity contribution in [2.75, 3.05) is 0 Å². The molecule has 0 fully saturated rings. The lowest BCUT2D eigenvalue weighted by Gasteiger charge is -2.04. The van der Waals surface area contributed by atoms with Crippen molar-refractivity contribution < 1.29 is 19.8 Å². The molecule has 98 valence electrons. The molecular formula is C14H8N2O4. The molecule has 3 rings (SSSR count). The second kappa shape index (κ2) is 4.27. The van der Waals surface area contributed by atoms with Gasteiger partial charge in [0.25, 0.3) is 0 Å². The Morgan fingerprint density at radius 1 is 1.00 bits per heavy atom. The zero-order valence-electron chi connectivity index (χ0n) is 10.1. The van der Waals surface area contributed by atoms with Crippen LogP contribution in [0.5, 0.6) is 0 Å². The molecular weight excluding hydrogens is 260 g/mol. The van der Waals surface area contributed by atoms with Gasteiger partial charge in [0.1, 0.15) is 5.69 Å². The zero-order valence-corrected chi connectivity index (χ0v) is 10.1. The van der Waals surface area contributed by atoms with Gasteiger partial charge in [-0.2, -0.15) is 0 Å². The van der Waals surface area contributed by atoms with Crippen LogP contribution in [0.1, 0.15) is 20.8 Å². The number of aromatic carboxylic acids is 2. The largest absolute Gasteiger partial charge is 0.478 e. The molecule has 0 spiro atoms. The summed E-state index contributed by atoms with van der Waals surface area (Å²) in [7, 11) is 0. The second-order valence-electron chi connectivity index (χ2n) is 4.23. The number of fused-ring (bicyclic) bond motifs is 3. The Labute approximate surface area is 112 Å². The topological polar surface area (TPSA) is 100 Å². The number of hydrogen-bond acceptors (Lipinski definition) is 4. The number of rotatable bonds is 2. The Morgan fingerprint density at radius 3 is 2.45 bits per heavy atom. The highest BCUT2D eigenvalue weighted by atomic mass is 16.4. The lowest BCUT2D eigenvalue weighted by molar-refractivity contribution is 0.0682. The Kier molecular flexibility index (Phi) is 2.57. The van der Waals surface area contributed by atoms with Gasteiger partial charge in [-0.25, -0.2) is 14.6 Å². The molecule has 0 aliphatic rings. The highest BCUT2D eigenvalue weighted by molar-refractivity contribution is 6.06. The van der Waals surface area contributed by atoms with Gasteiger partial charge in [0.05, 0.1) is 16.6 Å². The van der Waals surface area contributed by atoms with Gasteiger partial charge in [0.15, 0.2) is 0 Å². The van der Waals surface area contributed by atoms with E-state index in [1.807, 2.05) is 0 Å². The molecule has 0 aliphatic heterocycles. The average molecular weight is 268 g/mol. The minimum atomic E-state index is -1.13. The molecule has 0 atom stereocenters. The number of aromatic nitrogens is 2. The quantitative estimate of drug-likeness (QED) is 0.691. The number of benzene rings is 1. The van der Waals surface area contributed by atoms with Crippen LogP contribution in [0.2, 0.25) is 0 Å². The Hall–Kier alpha value is -3.02. The minimum absolute atomic E-state index is 0.0347. The van der Waals surface area contributed by atoms with Crippen molar-refractivity contribution in [1.29, 1.82) is 0 Å². The van der Waals surface area contributed by atoms with Crippen LogP contribution < -0.4 is 0 Å². The molecule has 6 heteroatoms. The maximum atomic E-state index is 11.0. The Morgan fingerprint density at radius 2 is 1.75 bits per heavy atom. The first kappa shape index (κ1) is 12.0. The van der Waals surface area contributed by atoms with Crippen LogP contribution in [-0.4, -0.2) is 32.1 Å². The molecule has 1 aromatic carbocycles. The van der Waals surface area contributed by atoms with Crippen molar-refractivity contribution in [3.8, 4) is 0 Å². The Balaban J connectivity index is 2.41. The van der Waals surface area contributed by atoms with Gasteiger partial charge in [-0.3, -0.25) is 4.98 Å². The van der Waals surface area contributed by atoms with E-state index in [-0.39, 0.29) is 11.3 Å². The maximum absolute atomic E-state index is 11.0. The summed E-state index contributed by atoms with van der Waals surface area (Å²) in [5.41, 5.74) is 0.939. The van der Waals surface area contributed by atoms with Crippen LogP contribution in [-0.2, 0) is 0 Å². The van der Waals surface area contributed by atoms with Crippen molar-refractivity contribution in [3.05, 3.63) is 47.8 Å². The first-order chi connectivity index (χ1) is 9.56. The predicted octanol–water partition coefficient (Wildman–Crippen LogP) is 2.18. The van der Waals surface area contributed by atoms with E-state index in [1.165, 1.54) is 18.3 Å². The summed E-state index contributed by atoms with van der Waals surface area (Å²) in [5, 5.41) is 19.2. The van der Waals surface area contributed by atoms with Crippen LogP contribution >= 0.6 is 0 Å². The van der Waals surface area contributed by atoms with Gasteiger partial charge >= 0.3 is 11.9 Å². The van der Waals surface area contributed by atoms with E-state index in [0.29, 0.717) is 16.4 Å². The number of nitrogens with zero attached hydrogens (tertiary/aromatic N) is 2. The fourth-order valence-electron chi connectivity index (χ4n) is 2.02. The third-order valence-electron chi connectivity index (χ3n) is 2.99. The van der Waals surface area contributed by atoms with Gasteiger partial charge in [0.2, 0.25) is 0 Å². The molecule has 0 unspecified atom stereocenters. The summed E-state index contributed by atoms with van der Waals surface area (Å²) in [6.45, 7) is 0. The van der Waals surface area contributed by atoms with E-state index < -0.39 is 11.9 Å². The summed E-state index contributed by atoms with van der Waals surface area (Å²) in [5.74, 6) is -2.22. The van der Waals surface area contributed by atoms with Crippen LogP contribution in [0.15, 0.2) is 36.5 Å². The van der Waals surface area contributed by atoms with Crippen LogP contribution in [0.4, 0.5) is 0 Å². The molecule has 6 nitrogen and oxygen atoms in total. The molecule has 2 N–H and O–H groups in total. The van der Waals surface area contributed by atoms with E-state index in [4.69, 9.17) is 10.2 Å². The molecule has 0 radical (unpaired) electrons. The summed E-state index contributed by atoms with van der Waals surface area (Å²) in [6, 6.07) is 8.00. The number of carboxylic acids is 2. The van der Waals surface area contributed by atoms with E-state index in [9.17, 15) is 9.59 Å². The number of pyridine rings is 2. The monoisotopic (exact) mass is 268 g/mol. The molecule has 0 amide bonds. The first-order valence-corrected chi connectivity index (χ1v) is 5.72. The zero-order chi connectivity index (χ0) is 14.3. The van der Waals surface area contributed by atoms with Crippen LogP contribution in [0.25, 0.3) is 21.8 Å². The lowest BCUT2D eigenvalue weighted by Crippen LogP contribution is -2.01. The second-order valence-corrected chi connectivity index (χ2v) is 4.23. The summed E-state index contributed by atoms with van der Waals surface area (Å²) in [6.07, 6.45) is 1.26. The molecule has 2 heterocycles. The van der Waals surface area contributed by atoms with Gasteiger partial charge < -0.3 is 10.2 Å². The number of hydrogen-bond donors (Lipinski definition) is 2. The molecule has 0 saturated carbocycles. The smallest absolute Gasteiger partial charge is 0.354 e. The molecule has 0 aliphatic carbocycles. The van der Waals surface area contributed by atoms with Crippen LogP contribution in [0.3, 0.4) is 0 Å². The van der Waals surface area contributed by atoms with Gasteiger partial charge in [-0.1, -0.05) is 12.1 Å². The fraction of sp³-hybridized carbons (Fsp3) is 0.